The van der Waals surface area contributed by atoms with Crippen molar-refractivity contribution in [3.63, 3.8) is 0 Å². The Hall–Kier alpha value is -2.33. The molecule has 1 saturated heterocycles. The molecule has 2 aliphatic heterocycles. The van der Waals surface area contributed by atoms with Gasteiger partial charge in [-0.1, -0.05) is 6.07 Å². The summed E-state index contributed by atoms with van der Waals surface area (Å²) in [5.41, 5.74) is 5.58. The molecule has 26 heavy (non-hydrogen) atoms. The van der Waals surface area contributed by atoms with Gasteiger partial charge in [0.05, 0.1) is 7.11 Å². The van der Waals surface area contributed by atoms with E-state index in [0.717, 1.165) is 30.8 Å². The van der Waals surface area contributed by atoms with E-state index in [0.29, 0.717) is 12.1 Å². The van der Waals surface area contributed by atoms with Crippen molar-refractivity contribution >= 4 is 10.9 Å². The Labute approximate surface area is 154 Å². The number of likely N-dealkylation sites (N-methyl/N-ethyl adjacent to an activating group) is 1. The van der Waals surface area contributed by atoms with Crippen LogP contribution in [0.1, 0.15) is 35.8 Å². The van der Waals surface area contributed by atoms with Gasteiger partial charge in [-0.25, -0.2) is 0 Å². The summed E-state index contributed by atoms with van der Waals surface area (Å²) in [6.07, 6.45) is 6.58. The number of ether oxygens (including phenoxy) is 1. The van der Waals surface area contributed by atoms with E-state index in [9.17, 15) is 0 Å². The number of pyridine rings is 1. The van der Waals surface area contributed by atoms with Crippen LogP contribution in [0.25, 0.3) is 10.9 Å². The van der Waals surface area contributed by atoms with Crippen molar-refractivity contribution in [2.24, 2.45) is 0 Å². The van der Waals surface area contributed by atoms with Gasteiger partial charge in [0, 0.05) is 60.0 Å². The fourth-order valence-electron chi connectivity index (χ4n) is 4.99. The summed E-state index contributed by atoms with van der Waals surface area (Å²) in [5, 5.41) is 1.37. The van der Waals surface area contributed by atoms with Gasteiger partial charge in [0.15, 0.2) is 0 Å². The highest BCUT2D eigenvalue weighted by atomic mass is 16.5. The summed E-state index contributed by atoms with van der Waals surface area (Å²) >= 11 is 0. The molecule has 3 aromatic rings. The number of benzene rings is 1. The quantitative estimate of drug-likeness (QED) is 0.715. The van der Waals surface area contributed by atoms with E-state index < -0.39 is 0 Å². The van der Waals surface area contributed by atoms with Gasteiger partial charge in [-0.05, 0) is 55.8 Å². The summed E-state index contributed by atoms with van der Waals surface area (Å²) in [7, 11) is 4.05. The Morgan fingerprint density at radius 1 is 1.19 bits per heavy atom. The van der Waals surface area contributed by atoms with Gasteiger partial charge in [-0.3, -0.25) is 9.88 Å². The molecule has 0 amide bonds. The van der Waals surface area contributed by atoms with Crippen molar-refractivity contribution in [3.05, 3.63) is 59.5 Å². The van der Waals surface area contributed by atoms with Crippen molar-refractivity contribution < 1.29 is 4.74 Å². The molecule has 0 aliphatic carbocycles. The number of nitrogens with zero attached hydrogens (tertiary/aromatic N) is 3. The second-order valence-electron chi connectivity index (χ2n) is 7.58. The minimum absolute atomic E-state index is 0.550. The van der Waals surface area contributed by atoms with Crippen molar-refractivity contribution in [2.75, 3.05) is 14.2 Å². The summed E-state index contributed by atoms with van der Waals surface area (Å²) < 4.78 is 8.08. The highest BCUT2D eigenvalue weighted by molar-refractivity contribution is 5.88. The first kappa shape index (κ1) is 15.9. The molecule has 2 atom stereocenters. The van der Waals surface area contributed by atoms with Crippen LogP contribution in [-0.4, -0.2) is 34.7 Å². The highest BCUT2D eigenvalue weighted by Crippen LogP contribution is 2.47. The normalized spacial score (nSPS) is 21.9. The first-order valence-corrected chi connectivity index (χ1v) is 9.57. The molecule has 5 rings (SSSR count). The maximum Gasteiger partial charge on any atom is 0.119 e. The molecule has 4 nitrogen and oxygen atoms in total. The molecule has 134 valence electrons. The number of hydrogen-bond donors (Lipinski definition) is 0. The average Bonchev–Trinajstić information content (AvgIpc) is 3.10. The molecule has 0 N–H and O–H groups in total. The van der Waals surface area contributed by atoms with Crippen LogP contribution in [0.5, 0.6) is 5.75 Å². The van der Waals surface area contributed by atoms with Crippen LogP contribution in [0.2, 0.25) is 0 Å². The van der Waals surface area contributed by atoms with E-state index in [2.05, 4.69) is 51.8 Å². The van der Waals surface area contributed by atoms with Crippen LogP contribution in [0, 0.1) is 0 Å². The van der Waals surface area contributed by atoms with E-state index >= 15 is 0 Å². The largest absolute Gasteiger partial charge is 0.497 e. The average molecular weight is 347 g/mol. The van der Waals surface area contributed by atoms with Gasteiger partial charge in [-0.2, -0.15) is 0 Å². The molecular weight excluding hydrogens is 322 g/mol. The molecule has 4 heterocycles. The third kappa shape index (κ3) is 2.36. The molecule has 2 bridgehead atoms. The Morgan fingerprint density at radius 3 is 2.92 bits per heavy atom. The standard InChI is InChI=1S/C22H25N3O/c1-24-16-6-8-20(24)22-18-14-17(26-2)7-9-19(18)25(21(22)13-16)12-10-15-5-3-4-11-23-15/h3-5,7,9,11,14,16,20H,6,8,10,12-13H2,1-2H3. The molecule has 2 aliphatic rings. The first-order valence-electron chi connectivity index (χ1n) is 9.57. The van der Waals surface area contributed by atoms with E-state index in [1.807, 2.05) is 12.3 Å². The first-order chi connectivity index (χ1) is 12.8. The number of methoxy groups -OCH3 is 1. The smallest absolute Gasteiger partial charge is 0.119 e. The molecular formula is C22H25N3O. The van der Waals surface area contributed by atoms with Gasteiger partial charge in [0.2, 0.25) is 0 Å². The second kappa shape index (κ2) is 6.13. The van der Waals surface area contributed by atoms with Crippen LogP contribution in [-0.2, 0) is 19.4 Å². The lowest BCUT2D eigenvalue weighted by atomic mass is 9.97. The summed E-state index contributed by atoms with van der Waals surface area (Å²) in [5.74, 6) is 0.949. The van der Waals surface area contributed by atoms with Gasteiger partial charge in [0.1, 0.15) is 5.75 Å². The second-order valence-corrected chi connectivity index (χ2v) is 7.58. The monoisotopic (exact) mass is 347 g/mol. The lowest BCUT2D eigenvalue weighted by Gasteiger charge is -2.32. The summed E-state index contributed by atoms with van der Waals surface area (Å²) in [4.78, 5) is 7.10. The Balaban J connectivity index is 1.62. The lowest BCUT2D eigenvalue weighted by Crippen LogP contribution is -2.34. The maximum absolute atomic E-state index is 5.53. The predicted octanol–water partition coefficient (Wildman–Crippen LogP) is 3.98. The maximum atomic E-state index is 5.53. The van der Waals surface area contributed by atoms with Crippen molar-refractivity contribution in [1.29, 1.82) is 0 Å². The number of aromatic nitrogens is 2. The molecule has 0 spiro atoms. The third-order valence-electron chi connectivity index (χ3n) is 6.34. The highest BCUT2D eigenvalue weighted by Gasteiger charge is 2.40. The molecule has 1 aromatic carbocycles. The van der Waals surface area contributed by atoms with Gasteiger partial charge >= 0.3 is 0 Å². The zero-order valence-electron chi connectivity index (χ0n) is 15.5. The van der Waals surface area contributed by atoms with Gasteiger partial charge < -0.3 is 9.30 Å². The lowest BCUT2D eigenvalue weighted by molar-refractivity contribution is 0.222. The van der Waals surface area contributed by atoms with E-state index in [-0.39, 0.29) is 0 Å². The molecule has 4 heteroatoms. The SMILES string of the molecule is COc1ccc2c(c1)c1c(n2CCc2ccccn2)CC2CCC1N2C. The van der Waals surface area contributed by atoms with Crippen molar-refractivity contribution in [3.8, 4) is 5.75 Å². The van der Waals surface area contributed by atoms with Crippen LogP contribution < -0.4 is 4.74 Å². The molecule has 0 radical (unpaired) electrons. The van der Waals surface area contributed by atoms with E-state index in [1.54, 1.807) is 7.11 Å². The zero-order chi connectivity index (χ0) is 17.7. The molecule has 2 unspecified atom stereocenters. The van der Waals surface area contributed by atoms with E-state index in [4.69, 9.17) is 4.74 Å². The number of aryl methyl sites for hydroxylation is 2. The summed E-state index contributed by atoms with van der Waals surface area (Å²) in [6, 6.07) is 14.0. The fraction of sp³-hybridized carbons (Fsp3) is 0.409. The molecule has 2 aromatic heterocycles. The Bertz CT molecular complexity index is 947. The fourth-order valence-corrected chi connectivity index (χ4v) is 4.99. The number of rotatable bonds is 4. The minimum Gasteiger partial charge on any atom is -0.497 e. The van der Waals surface area contributed by atoms with Crippen LogP contribution in [0.4, 0.5) is 0 Å². The van der Waals surface area contributed by atoms with Crippen molar-refractivity contribution in [1.82, 2.24) is 14.5 Å². The molecule has 0 saturated carbocycles. The zero-order valence-corrected chi connectivity index (χ0v) is 15.5. The van der Waals surface area contributed by atoms with Crippen molar-refractivity contribution in [2.45, 2.75) is 44.3 Å². The number of fused-ring (bicyclic) bond motifs is 6. The van der Waals surface area contributed by atoms with Gasteiger partial charge in [-0.15, -0.1) is 0 Å². The van der Waals surface area contributed by atoms with Crippen LogP contribution in [0.3, 0.4) is 0 Å². The summed E-state index contributed by atoms with van der Waals surface area (Å²) in [6.45, 7) is 0.984. The van der Waals surface area contributed by atoms with Gasteiger partial charge in [0.25, 0.3) is 0 Å². The predicted molar refractivity (Wildman–Crippen MR) is 104 cm³/mol. The van der Waals surface area contributed by atoms with Crippen LogP contribution in [0.15, 0.2) is 42.6 Å². The Morgan fingerprint density at radius 2 is 2.12 bits per heavy atom. The van der Waals surface area contributed by atoms with Crippen LogP contribution >= 0.6 is 0 Å². The topological polar surface area (TPSA) is 30.3 Å². The Kier molecular flexibility index (Phi) is 3.75. The molecule has 1 fully saturated rings. The number of hydrogen-bond acceptors (Lipinski definition) is 3. The van der Waals surface area contributed by atoms with E-state index in [1.165, 1.54) is 35.0 Å². The third-order valence-corrected chi connectivity index (χ3v) is 6.34. The minimum atomic E-state index is 0.550.